The van der Waals surface area contributed by atoms with Gasteiger partial charge in [-0.2, -0.15) is 0 Å². The summed E-state index contributed by atoms with van der Waals surface area (Å²) in [5.74, 6) is 0. The Balaban J connectivity index is 2.77. The molecule has 1 aromatic rings. The number of benzene rings is 1. The van der Waals surface area contributed by atoms with Crippen LogP contribution in [0.15, 0.2) is 24.3 Å². The van der Waals surface area contributed by atoms with Crippen molar-refractivity contribution in [2.75, 3.05) is 0 Å². The molecule has 0 amide bonds. The van der Waals surface area contributed by atoms with Gasteiger partial charge in [-0.25, -0.2) is 0 Å². The number of nitrogens with two attached hydrogens (primary N) is 1. The number of aliphatic hydroxyl groups is 1. The molecule has 0 bridgehead atoms. The summed E-state index contributed by atoms with van der Waals surface area (Å²) in [5.41, 5.74) is 6.72. The van der Waals surface area contributed by atoms with Crippen LogP contribution in [0.4, 0.5) is 0 Å². The molecule has 72 valence electrons. The van der Waals surface area contributed by atoms with Crippen molar-refractivity contribution in [1.29, 1.82) is 0 Å². The molecule has 3 heteroatoms. The van der Waals surface area contributed by atoms with Gasteiger partial charge >= 0.3 is 0 Å². The molecule has 0 saturated heterocycles. The molecule has 0 aliphatic rings. The number of halogens is 1. The molecule has 0 aliphatic carbocycles. The summed E-state index contributed by atoms with van der Waals surface area (Å²) >= 11 is 5.73. The summed E-state index contributed by atoms with van der Waals surface area (Å²) in [5, 5.41) is 10.2. The lowest BCUT2D eigenvalue weighted by atomic mass is 10.0. The van der Waals surface area contributed by atoms with Crippen LogP contribution in [0.25, 0.3) is 0 Å². The van der Waals surface area contributed by atoms with Crippen LogP contribution in [0.1, 0.15) is 24.9 Å². The van der Waals surface area contributed by atoms with Crippen molar-refractivity contribution in [2.24, 2.45) is 5.73 Å². The van der Waals surface area contributed by atoms with E-state index in [9.17, 15) is 5.11 Å². The van der Waals surface area contributed by atoms with Crippen LogP contribution in [0.3, 0.4) is 0 Å². The number of aliphatic hydroxyl groups excluding tert-OH is 1. The molecule has 13 heavy (non-hydrogen) atoms. The first-order valence-electron chi connectivity index (χ1n) is 4.34. The van der Waals surface area contributed by atoms with E-state index in [0.717, 1.165) is 5.56 Å². The van der Waals surface area contributed by atoms with Crippen LogP contribution in [-0.4, -0.2) is 11.2 Å². The van der Waals surface area contributed by atoms with Gasteiger partial charge in [-0.05, 0) is 24.1 Å². The summed E-state index contributed by atoms with van der Waals surface area (Å²) in [6.45, 7) is 1.90. The fourth-order valence-corrected chi connectivity index (χ4v) is 1.29. The quantitative estimate of drug-likeness (QED) is 0.784. The third-order valence-electron chi connectivity index (χ3n) is 2.09. The van der Waals surface area contributed by atoms with Crippen molar-refractivity contribution in [3.05, 3.63) is 34.9 Å². The van der Waals surface area contributed by atoms with Crippen LogP contribution >= 0.6 is 11.6 Å². The molecule has 0 aliphatic heterocycles. The van der Waals surface area contributed by atoms with Gasteiger partial charge in [0.05, 0.1) is 12.1 Å². The van der Waals surface area contributed by atoms with E-state index in [1.807, 2.05) is 19.1 Å². The van der Waals surface area contributed by atoms with Gasteiger partial charge in [-0.15, -0.1) is 0 Å². The third kappa shape index (κ3) is 2.69. The zero-order valence-corrected chi connectivity index (χ0v) is 8.33. The van der Waals surface area contributed by atoms with Crippen molar-refractivity contribution >= 4 is 11.6 Å². The molecule has 3 N–H and O–H groups in total. The fourth-order valence-electron chi connectivity index (χ4n) is 1.16. The van der Waals surface area contributed by atoms with E-state index in [2.05, 4.69) is 0 Å². The van der Waals surface area contributed by atoms with Gasteiger partial charge in [0.15, 0.2) is 0 Å². The minimum Gasteiger partial charge on any atom is -0.391 e. The normalized spacial score (nSPS) is 15.4. The molecule has 0 aromatic heterocycles. The predicted molar refractivity (Wildman–Crippen MR) is 54.7 cm³/mol. The molecule has 1 aromatic carbocycles. The number of hydrogen-bond donors (Lipinski definition) is 2. The summed E-state index contributed by atoms with van der Waals surface area (Å²) in [6, 6.07) is 6.91. The van der Waals surface area contributed by atoms with Crippen LogP contribution in [0, 0.1) is 0 Å². The second-order valence-corrected chi connectivity index (χ2v) is 3.49. The lowest BCUT2D eigenvalue weighted by molar-refractivity contribution is 0.140. The maximum absolute atomic E-state index is 9.49. The fraction of sp³-hybridized carbons (Fsp3) is 0.400. The first-order chi connectivity index (χ1) is 6.15. The van der Waals surface area contributed by atoms with Gasteiger partial charge in [-0.1, -0.05) is 30.7 Å². The monoisotopic (exact) mass is 199 g/mol. The van der Waals surface area contributed by atoms with E-state index in [1.165, 1.54) is 0 Å². The molecule has 0 heterocycles. The maximum Gasteiger partial charge on any atom is 0.0730 e. The van der Waals surface area contributed by atoms with Crippen molar-refractivity contribution < 1.29 is 5.11 Å². The molecule has 0 unspecified atom stereocenters. The molecule has 2 atom stereocenters. The standard InChI is InChI=1S/C10H14ClNO/c1-2-9(13)10(12)7-3-5-8(11)6-4-7/h3-6,9-10,13H,2,12H2,1H3/t9-,10+/m1/s1. The Morgan fingerprint density at radius 2 is 1.92 bits per heavy atom. The smallest absolute Gasteiger partial charge is 0.0730 e. The summed E-state index contributed by atoms with van der Waals surface area (Å²) < 4.78 is 0. The second kappa shape index (κ2) is 4.61. The lowest BCUT2D eigenvalue weighted by Crippen LogP contribution is -2.25. The highest BCUT2D eigenvalue weighted by molar-refractivity contribution is 6.30. The third-order valence-corrected chi connectivity index (χ3v) is 2.34. The van der Waals surface area contributed by atoms with E-state index < -0.39 is 6.10 Å². The number of rotatable bonds is 3. The molecular formula is C10H14ClNO. The zero-order chi connectivity index (χ0) is 9.84. The summed E-state index contributed by atoms with van der Waals surface area (Å²) in [6.07, 6.45) is 0.172. The Morgan fingerprint density at radius 1 is 1.38 bits per heavy atom. The molecular weight excluding hydrogens is 186 g/mol. The molecule has 0 spiro atoms. The van der Waals surface area contributed by atoms with Crippen molar-refractivity contribution in [3.63, 3.8) is 0 Å². The minimum atomic E-state index is -0.485. The highest BCUT2D eigenvalue weighted by Crippen LogP contribution is 2.18. The van der Waals surface area contributed by atoms with Gasteiger partial charge in [0, 0.05) is 5.02 Å². The molecule has 0 fully saturated rings. The highest BCUT2D eigenvalue weighted by Gasteiger charge is 2.13. The largest absolute Gasteiger partial charge is 0.391 e. The Bertz CT molecular complexity index is 260. The summed E-state index contributed by atoms with van der Waals surface area (Å²) in [4.78, 5) is 0. The van der Waals surface area contributed by atoms with Gasteiger partial charge < -0.3 is 10.8 Å². The molecule has 2 nitrogen and oxygen atoms in total. The van der Waals surface area contributed by atoms with Crippen LogP contribution in [0.2, 0.25) is 5.02 Å². The molecule has 0 saturated carbocycles. The lowest BCUT2D eigenvalue weighted by Gasteiger charge is -2.17. The first-order valence-corrected chi connectivity index (χ1v) is 4.72. The summed E-state index contributed by atoms with van der Waals surface area (Å²) in [7, 11) is 0. The van der Waals surface area contributed by atoms with Gasteiger partial charge in [-0.3, -0.25) is 0 Å². The van der Waals surface area contributed by atoms with Gasteiger partial charge in [0.1, 0.15) is 0 Å². The predicted octanol–water partition coefficient (Wildman–Crippen LogP) is 2.11. The van der Waals surface area contributed by atoms with E-state index >= 15 is 0 Å². The van der Waals surface area contributed by atoms with Crippen LogP contribution < -0.4 is 5.73 Å². The molecule has 0 radical (unpaired) electrons. The average Bonchev–Trinajstić information content (AvgIpc) is 2.17. The Labute approximate surface area is 83.3 Å². The van der Waals surface area contributed by atoms with E-state index in [1.54, 1.807) is 12.1 Å². The zero-order valence-electron chi connectivity index (χ0n) is 7.57. The Hall–Kier alpha value is -0.570. The SMILES string of the molecule is CC[C@@H](O)[C@@H](N)c1ccc(Cl)cc1. The Morgan fingerprint density at radius 3 is 2.38 bits per heavy atom. The topological polar surface area (TPSA) is 46.2 Å². The maximum atomic E-state index is 9.49. The van der Waals surface area contributed by atoms with Crippen molar-refractivity contribution in [3.8, 4) is 0 Å². The Kier molecular flexibility index (Phi) is 3.72. The van der Waals surface area contributed by atoms with Gasteiger partial charge in [0.25, 0.3) is 0 Å². The average molecular weight is 200 g/mol. The van der Waals surface area contributed by atoms with Crippen LogP contribution in [0.5, 0.6) is 0 Å². The van der Waals surface area contributed by atoms with Gasteiger partial charge in [0.2, 0.25) is 0 Å². The van der Waals surface area contributed by atoms with Crippen molar-refractivity contribution in [1.82, 2.24) is 0 Å². The van der Waals surface area contributed by atoms with E-state index in [0.29, 0.717) is 11.4 Å². The highest BCUT2D eigenvalue weighted by atomic mass is 35.5. The second-order valence-electron chi connectivity index (χ2n) is 3.05. The molecule has 1 rings (SSSR count). The van der Waals surface area contributed by atoms with E-state index in [4.69, 9.17) is 17.3 Å². The minimum absolute atomic E-state index is 0.317. The first kappa shape index (κ1) is 10.5. The van der Waals surface area contributed by atoms with Crippen LogP contribution in [-0.2, 0) is 0 Å². The van der Waals surface area contributed by atoms with Crippen molar-refractivity contribution in [2.45, 2.75) is 25.5 Å². The van der Waals surface area contributed by atoms with E-state index in [-0.39, 0.29) is 6.04 Å². The number of hydrogen-bond acceptors (Lipinski definition) is 2.